The quantitative estimate of drug-likeness (QED) is 0.925. The molecule has 0 radical (unpaired) electrons. The van der Waals surface area contributed by atoms with E-state index in [2.05, 4.69) is 10.3 Å². The predicted octanol–water partition coefficient (Wildman–Crippen LogP) is 1.96. The van der Waals surface area contributed by atoms with Gasteiger partial charge < -0.3 is 15.0 Å². The zero-order valence-corrected chi connectivity index (χ0v) is 13.6. The molecule has 3 aliphatic heterocycles. The number of nitrogens with zero attached hydrogens (tertiary/aromatic N) is 2. The minimum absolute atomic E-state index is 0.0399. The lowest BCUT2D eigenvalue weighted by atomic mass is 9.89. The van der Waals surface area contributed by atoms with Crippen LogP contribution >= 0.6 is 11.3 Å². The van der Waals surface area contributed by atoms with Crippen molar-refractivity contribution in [2.75, 3.05) is 19.7 Å². The zero-order chi connectivity index (χ0) is 14.9. The lowest BCUT2D eigenvalue weighted by Gasteiger charge is -2.34. The molecule has 0 aromatic carbocycles. The van der Waals surface area contributed by atoms with Gasteiger partial charge in [0, 0.05) is 36.6 Å². The molecule has 5 nitrogen and oxygen atoms in total. The van der Waals surface area contributed by atoms with Crippen molar-refractivity contribution in [3.05, 3.63) is 16.6 Å². The molecule has 1 N–H and O–H groups in total. The molecule has 3 fully saturated rings. The van der Waals surface area contributed by atoms with Crippen molar-refractivity contribution in [2.24, 2.45) is 5.92 Å². The molecular weight excluding hydrogens is 298 g/mol. The third-order valence-corrected chi connectivity index (χ3v) is 6.05. The molecule has 2 bridgehead atoms. The van der Waals surface area contributed by atoms with Crippen LogP contribution in [0.1, 0.15) is 43.2 Å². The highest BCUT2D eigenvalue weighted by Gasteiger charge is 2.35. The predicted molar refractivity (Wildman–Crippen MR) is 84.7 cm³/mol. The highest BCUT2D eigenvalue weighted by molar-refractivity contribution is 7.09. The minimum Gasteiger partial charge on any atom is -0.367 e. The van der Waals surface area contributed by atoms with E-state index in [-0.39, 0.29) is 6.10 Å². The highest BCUT2D eigenvalue weighted by atomic mass is 32.1. The van der Waals surface area contributed by atoms with Crippen LogP contribution in [0.15, 0.2) is 11.6 Å². The molecule has 0 saturated carbocycles. The number of aromatic nitrogens is 1. The van der Waals surface area contributed by atoms with E-state index >= 15 is 0 Å². The van der Waals surface area contributed by atoms with Gasteiger partial charge in [0.05, 0.1) is 13.2 Å². The summed E-state index contributed by atoms with van der Waals surface area (Å²) in [7, 11) is 0. The number of carbonyl (C=O) groups is 1. The summed E-state index contributed by atoms with van der Waals surface area (Å²) in [5, 5.41) is 6.59. The highest BCUT2D eigenvalue weighted by Crippen LogP contribution is 2.33. The van der Waals surface area contributed by atoms with Crippen LogP contribution in [0.2, 0.25) is 0 Å². The van der Waals surface area contributed by atoms with E-state index < -0.39 is 0 Å². The van der Waals surface area contributed by atoms with Crippen LogP contribution in [0, 0.1) is 5.92 Å². The Morgan fingerprint density at radius 2 is 2.23 bits per heavy atom. The molecule has 4 heterocycles. The van der Waals surface area contributed by atoms with E-state index in [0.717, 1.165) is 11.6 Å². The molecule has 3 aliphatic rings. The molecule has 1 amide bonds. The Morgan fingerprint density at radius 1 is 1.41 bits per heavy atom. The van der Waals surface area contributed by atoms with Gasteiger partial charge in [0.15, 0.2) is 0 Å². The maximum absolute atomic E-state index is 12.6. The molecule has 0 spiro atoms. The van der Waals surface area contributed by atoms with Gasteiger partial charge in [-0.2, -0.15) is 0 Å². The Kier molecular flexibility index (Phi) is 4.15. The van der Waals surface area contributed by atoms with Crippen molar-refractivity contribution in [1.82, 2.24) is 15.2 Å². The third-order valence-electron chi connectivity index (χ3n) is 5.18. The van der Waals surface area contributed by atoms with Crippen LogP contribution < -0.4 is 5.32 Å². The van der Waals surface area contributed by atoms with E-state index in [4.69, 9.17) is 4.74 Å². The molecular formula is C16H23N3O2S. The lowest BCUT2D eigenvalue weighted by Crippen LogP contribution is -2.44. The Bertz CT molecular complexity index is 509. The number of carbonyl (C=O) groups excluding carboxylic acids is 1. The summed E-state index contributed by atoms with van der Waals surface area (Å²) in [5.74, 6) is 0.864. The summed E-state index contributed by atoms with van der Waals surface area (Å²) in [6, 6.07) is 1.31. The summed E-state index contributed by atoms with van der Waals surface area (Å²) in [5.41, 5.74) is 0. The van der Waals surface area contributed by atoms with Crippen molar-refractivity contribution in [3.8, 4) is 0 Å². The first-order valence-electron chi connectivity index (χ1n) is 8.33. The molecule has 3 saturated heterocycles. The first-order chi connectivity index (χ1) is 10.8. The van der Waals surface area contributed by atoms with Gasteiger partial charge in [-0.05, 0) is 31.6 Å². The average molecular weight is 321 g/mol. The van der Waals surface area contributed by atoms with Crippen LogP contribution in [-0.4, -0.2) is 47.6 Å². The van der Waals surface area contributed by atoms with Gasteiger partial charge in [-0.25, -0.2) is 4.98 Å². The van der Waals surface area contributed by atoms with E-state index in [0.29, 0.717) is 43.5 Å². The number of fused-ring (bicyclic) bond motifs is 2. The number of rotatable bonds is 3. The molecule has 120 valence electrons. The van der Waals surface area contributed by atoms with Crippen LogP contribution in [0.25, 0.3) is 0 Å². The number of nitrogens with one attached hydrogen (secondary N) is 1. The second kappa shape index (κ2) is 6.26. The molecule has 1 aromatic rings. The third kappa shape index (κ3) is 3.05. The van der Waals surface area contributed by atoms with Crippen LogP contribution in [0.4, 0.5) is 0 Å². The molecule has 3 unspecified atom stereocenters. The van der Waals surface area contributed by atoms with Gasteiger partial charge in [0.2, 0.25) is 5.91 Å². The number of morpholine rings is 1. The van der Waals surface area contributed by atoms with Crippen molar-refractivity contribution in [2.45, 2.75) is 50.3 Å². The topological polar surface area (TPSA) is 54.5 Å². The maximum atomic E-state index is 12.6. The Hall–Kier alpha value is -0.980. The van der Waals surface area contributed by atoms with E-state index in [9.17, 15) is 4.79 Å². The molecule has 0 aliphatic carbocycles. The minimum atomic E-state index is -0.0399. The SMILES string of the molecule is O=C(CC1CC2CCC(C1)N2)N1CCOC(c2nccs2)C1. The van der Waals surface area contributed by atoms with Gasteiger partial charge in [-0.3, -0.25) is 4.79 Å². The lowest BCUT2D eigenvalue weighted by molar-refractivity contribution is -0.140. The van der Waals surface area contributed by atoms with Crippen molar-refractivity contribution in [3.63, 3.8) is 0 Å². The summed E-state index contributed by atoms with van der Waals surface area (Å²) in [4.78, 5) is 19.0. The standard InChI is InChI=1S/C16H23N3O2S/c20-15(9-11-7-12-1-2-13(8-11)18-12)19-4-5-21-14(10-19)16-17-3-6-22-16/h3,6,11-14,18H,1-2,4-5,7-10H2. The van der Waals surface area contributed by atoms with Crippen molar-refractivity contribution < 1.29 is 9.53 Å². The number of hydrogen-bond acceptors (Lipinski definition) is 5. The van der Waals surface area contributed by atoms with Crippen molar-refractivity contribution in [1.29, 1.82) is 0 Å². The zero-order valence-electron chi connectivity index (χ0n) is 12.7. The number of thiazole rings is 1. The number of piperidine rings is 1. The van der Waals surface area contributed by atoms with Gasteiger partial charge in [-0.15, -0.1) is 11.3 Å². The van der Waals surface area contributed by atoms with Crippen LogP contribution in [-0.2, 0) is 9.53 Å². The van der Waals surface area contributed by atoms with E-state index in [1.165, 1.54) is 25.7 Å². The van der Waals surface area contributed by atoms with E-state index in [1.54, 1.807) is 17.5 Å². The molecule has 3 atom stereocenters. The smallest absolute Gasteiger partial charge is 0.223 e. The summed E-state index contributed by atoms with van der Waals surface area (Å²) in [6.45, 7) is 2.00. The molecule has 6 heteroatoms. The van der Waals surface area contributed by atoms with Gasteiger partial charge in [-0.1, -0.05) is 0 Å². The van der Waals surface area contributed by atoms with Crippen LogP contribution in [0.3, 0.4) is 0 Å². The second-order valence-electron chi connectivity index (χ2n) is 6.75. The Balaban J connectivity index is 1.34. The number of amides is 1. The normalized spacial score (nSPS) is 34.8. The fraction of sp³-hybridized carbons (Fsp3) is 0.750. The number of hydrogen-bond donors (Lipinski definition) is 1. The average Bonchev–Trinajstić information content (AvgIpc) is 3.17. The molecule has 1 aromatic heterocycles. The summed E-state index contributed by atoms with van der Waals surface area (Å²) in [6.07, 6.45) is 7.39. The van der Waals surface area contributed by atoms with E-state index in [1.807, 2.05) is 10.3 Å². The van der Waals surface area contributed by atoms with Gasteiger partial charge in [0.25, 0.3) is 0 Å². The maximum Gasteiger partial charge on any atom is 0.223 e. The summed E-state index contributed by atoms with van der Waals surface area (Å²) >= 11 is 1.61. The fourth-order valence-corrected chi connectivity index (χ4v) is 4.81. The van der Waals surface area contributed by atoms with Crippen molar-refractivity contribution >= 4 is 17.2 Å². The van der Waals surface area contributed by atoms with Crippen LogP contribution in [0.5, 0.6) is 0 Å². The largest absolute Gasteiger partial charge is 0.367 e. The monoisotopic (exact) mass is 321 g/mol. The summed E-state index contributed by atoms with van der Waals surface area (Å²) < 4.78 is 5.78. The first-order valence-corrected chi connectivity index (χ1v) is 9.20. The first kappa shape index (κ1) is 14.6. The number of ether oxygens (including phenoxy) is 1. The second-order valence-corrected chi connectivity index (χ2v) is 7.68. The Labute approximate surface area is 135 Å². The molecule has 22 heavy (non-hydrogen) atoms. The van der Waals surface area contributed by atoms with Gasteiger partial charge >= 0.3 is 0 Å². The van der Waals surface area contributed by atoms with Gasteiger partial charge in [0.1, 0.15) is 11.1 Å². The Morgan fingerprint density at radius 3 is 2.95 bits per heavy atom. The molecule has 4 rings (SSSR count). The fourth-order valence-electron chi connectivity index (χ4n) is 4.14.